The molecular formula is C20H27FN7O9P. The summed E-state index contributed by atoms with van der Waals surface area (Å²) in [5, 5.41) is 15.3. The van der Waals surface area contributed by atoms with Crippen molar-refractivity contribution in [3.63, 3.8) is 0 Å². The summed E-state index contributed by atoms with van der Waals surface area (Å²) >= 11 is 0. The number of alkyl halides is 1. The molecule has 3 heterocycles. The number of nitrogens with one attached hydrogen (secondary N) is 3. The summed E-state index contributed by atoms with van der Waals surface area (Å²) in [6.45, 7) is 1.39. The molecule has 1 saturated heterocycles. The minimum Gasteiger partial charge on any atom is -0.465 e. The van der Waals surface area contributed by atoms with Crippen molar-refractivity contribution in [1.29, 1.82) is 0 Å². The van der Waals surface area contributed by atoms with E-state index in [1.165, 1.54) is 0 Å². The van der Waals surface area contributed by atoms with Gasteiger partial charge in [0.05, 0.1) is 26.1 Å². The molecule has 16 nitrogen and oxygen atoms in total. The third-order valence-corrected chi connectivity index (χ3v) is 6.93. The molecule has 0 radical (unpaired) electrons. The zero-order valence-corrected chi connectivity index (χ0v) is 21.3. The first-order valence-corrected chi connectivity index (χ1v) is 12.9. The van der Waals surface area contributed by atoms with Crippen LogP contribution in [0.4, 0.5) is 10.3 Å². The molecule has 3 rings (SSSR count). The first-order chi connectivity index (χ1) is 18.0. The number of aliphatic hydroxyl groups excluding tert-OH is 1. The maximum Gasteiger partial charge on any atom is 0.341 e. The second-order valence-corrected chi connectivity index (χ2v) is 9.78. The smallest absolute Gasteiger partial charge is 0.341 e. The van der Waals surface area contributed by atoms with Crippen molar-refractivity contribution in [3.05, 3.63) is 16.7 Å². The van der Waals surface area contributed by atoms with Crippen molar-refractivity contribution in [3.8, 4) is 12.3 Å². The summed E-state index contributed by atoms with van der Waals surface area (Å²) in [4.78, 5) is 45.6. The SMILES string of the molecule is C#C[C@]1(F)C(O)[C@@H](COP(=O)(NCC(=O)OCC)NCC(=O)OCC)O[C@H]1n1cnc2c(=O)[nH]c(N)nc21. The average molecular weight is 559 g/mol. The number of halogens is 1. The number of nitrogen functional groups attached to an aromatic ring is 1. The minimum atomic E-state index is -4.20. The van der Waals surface area contributed by atoms with Gasteiger partial charge in [0.1, 0.15) is 25.3 Å². The van der Waals surface area contributed by atoms with Crippen LogP contribution in [-0.2, 0) is 32.9 Å². The van der Waals surface area contributed by atoms with E-state index in [1.807, 2.05) is 5.92 Å². The molecule has 2 aromatic rings. The highest BCUT2D eigenvalue weighted by Gasteiger charge is 2.58. The molecule has 1 aliphatic rings. The summed E-state index contributed by atoms with van der Waals surface area (Å²) < 4.78 is 50.6. The van der Waals surface area contributed by atoms with Gasteiger partial charge in [-0.3, -0.25) is 28.5 Å². The monoisotopic (exact) mass is 559 g/mol. The normalized spacial score (nSPS) is 23.3. The van der Waals surface area contributed by atoms with Crippen LogP contribution in [0.5, 0.6) is 0 Å². The van der Waals surface area contributed by atoms with E-state index in [9.17, 15) is 24.1 Å². The quantitative estimate of drug-likeness (QED) is 0.116. The summed E-state index contributed by atoms with van der Waals surface area (Å²) in [6.07, 6.45) is 1.15. The van der Waals surface area contributed by atoms with Crippen LogP contribution in [0, 0.1) is 12.3 Å². The van der Waals surface area contributed by atoms with E-state index in [1.54, 1.807) is 13.8 Å². The van der Waals surface area contributed by atoms with Crippen LogP contribution in [0.2, 0.25) is 0 Å². The zero-order chi connectivity index (χ0) is 28.1. The number of hydrogen-bond donors (Lipinski definition) is 5. The number of terminal acetylenes is 1. The van der Waals surface area contributed by atoms with E-state index in [-0.39, 0.29) is 30.3 Å². The number of nitrogens with two attached hydrogens (primary N) is 1. The van der Waals surface area contributed by atoms with E-state index in [0.717, 1.165) is 10.9 Å². The number of aromatic amines is 1. The number of anilines is 1. The number of ether oxygens (including phenoxy) is 3. The molecule has 0 bridgehead atoms. The van der Waals surface area contributed by atoms with Crippen molar-refractivity contribution in [2.45, 2.75) is 38.0 Å². The van der Waals surface area contributed by atoms with Gasteiger partial charge >= 0.3 is 19.6 Å². The number of nitrogens with zero attached hydrogens (tertiary/aromatic N) is 3. The summed E-state index contributed by atoms with van der Waals surface area (Å²) in [7, 11) is -4.20. The number of H-pyrrole nitrogens is 1. The molecule has 4 atom stereocenters. The Morgan fingerprint density at radius 1 is 1.34 bits per heavy atom. The molecule has 1 fully saturated rings. The Morgan fingerprint density at radius 2 is 1.95 bits per heavy atom. The third-order valence-electron chi connectivity index (χ3n) is 5.26. The maximum absolute atomic E-state index is 15.9. The number of hydrogen-bond acceptors (Lipinski definition) is 12. The summed E-state index contributed by atoms with van der Waals surface area (Å²) in [5.41, 5.74) is 1.65. The highest BCUT2D eigenvalue weighted by atomic mass is 31.2. The van der Waals surface area contributed by atoms with Gasteiger partial charge in [-0.25, -0.2) is 19.5 Å². The van der Waals surface area contributed by atoms with Crippen LogP contribution in [0.3, 0.4) is 0 Å². The number of imidazole rings is 1. The van der Waals surface area contributed by atoms with Gasteiger partial charge in [-0.15, -0.1) is 6.42 Å². The van der Waals surface area contributed by atoms with E-state index in [4.69, 9.17) is 30.9 Å². The van der Waals surface area contributed by atoms with E-state index < -0.39 is 69.0 Å². The van der Waals surface area contributed by atoms with Gasteiger partial charge in [0.15, 0.2) is 17.4 Å². The van der Waals surface area contributed by atoms with Crippen LogP contribution < -0.4 is 21.5 Å². The lowest BCUT2D eigenvalue weighted by Gasteiger charge is -2.24. The molecule has 18 heteroatoms. The van der Waals surface area contributed by atoms with Crippen molar-refractivity contribution >= 4 is 36.7 Å². The zero-order valence-electron chi connectivity index (χ0n) is 20.4. The van der Waals surface area contributed by atoms with Crippen LogP contribution in [0.15, 0.2) is 11.1 Å². The van der Waals surface area contributed by atoms with E-state index in [0.29, 0.717) is 0 Å². The predicted octanol–water partition coefficient (Wildman–Crippen LogP) is -1.27. The first kappa shape index (κ1) is 29.2. The summed E-state index contributed by atoms with van der Waals surface area (Å²) in [6, 6.07) is 0. The number of carbonyl (C=O) groups is 2. The first-order valence-electron chi connectivity index (χ1n) is 11.3. The van der Waals surface area contributed by atoms with Crippen molar-refractivity contribution in [2.75, 3.05) is 38.6 Å². The fraction of sp³-hybridized carbons (Fsp3) is 0.550. The molecule has 1 aliphatic heterocycles. The Kier molecular flexibility index (Phi) is 9.20. The maximum atomic E-state index is 15.9. The molecule has 0 aromatic carbocycles. The topological polar surface area (TPSA) is 222 Å². The van der Waals surface area contributed by atoms with E-state index in [2.05, 4.69) is 25.1 Å². The van der Waals surface area contributed by atoms with Gasteiger partial charge in [0.25, 0.3) is 5.56 Å². The lowest BCUT2D eigenvalue weighted by molar-refractivity contribution is -0.142. The average Bonchev–Trinajstić information content (AvgIpc) is 3.40. The highest BCUT2D eigenvalue weighted by molar-refractivity contribution is 7.54. The molecule has 0 spiro atoms. The van der Waals surface area contributed by atoms with Gasteiger partial charge < -0.3 is 29.6 Å². The summed E-state index contributed by atoms with van der Waals surface area (Å²) in [5.74, 6) is 0.0246. The van der Waals surface area contributed by atoms with Gasteiger partial charge in [0, 0.05) is 0 Å². The Hall–Kier alpha value is -3.39. The Labute approximate surface area is 214 Å². The minimum absolute atomic E-state index is 0.0609. The van der Waals surface area contributed by atoms with Crippen molar-refractivity contribution in [1.82, 2.24) is 29.7 Å². The van der Waals surface area contributed by atoms with Gasteiger partial charge in [-0.1, -0.05) is 5.92 Å². The second kappa shape index (κ2) is 12.0. The lowest BCUT2D eigenvalue weighted by atomic mass is 9.97. The number of fused-ring (bicyclic) bond motifs is 1. The Morgan fingerprint density at radius 3 is 2.50 bits per heavy atom. The Balaban J connectivity index is 1.82. The molecule has 0 amide bonds. The van der Waals surface area contributed by atoms with E-state index >= 15 is 4.39 Å². The predicted molar refractivity (Wildman–Crippen MR) is 128 cm³/mol. The molecule has 0 saturated carbocycles. The van der Waals surface area contributed by atoms with Crippen molar-refractivity contribution in [2.24, 2.45) is 0 Å². The van der Waals surface area contributed by atoms with Crippen molar-refractivity contribution < 1.29 is 42.4 Å². The van der Waals surface area contributed by atoms with Gasteiger partial charge in [0.2, 0.25) is 11.6 Å². The number of aromatic nitrogens is 4. The van der Waals surface area contributed by atoms with Crippen LogP contribution in [-0.4, -0.2) is 87.4 Å². The Bertz CT molecular complexity index is 1300. The molecule has 208 valence electrons. The van der Waals surface area contributed by atoms with Crippen LogP contribution in [0.25, 0.3) is 11.2 Å². The highest BCUT2D eigenvalue weighted by Crippen LogP contribution is 2.44. The fourth-order valence-electron chi connectivity index (χ4n) is 3.51. The lowest BCUT2D eigenvalue weighted by Crippen LogP contribution is -2.42. The molecule has 0 aliphatic carbocycles. The van der Waals surface area contributed by atoms with Crippen LogP contribution >= 0.6 is 7.67 Å². The largest absolute Gasteiger partial charge is 0.465 e. The molecule has 6 N–H and O–H groups in total. The number of aliphatic hydroxyl groups is 1. The molecule has 38 heavy (non-hydrogen) atoms. The standard InChI is InChI=1S/C20H27FN7O9P/c1-4-20(21)15(31)11(37-18(20)28-10-23-14-16(28)26-19(22)27-17(14)32)9-36-38(33,24-7-12(29)34-5-2)25-8-13(30)35-6-3/h1,10-11,15,18,31H,5-9H2,2-3H3,(H2,24,25,33)(H3,22,26,27,32)/t11-,15?,18-,20+/m1/s1. The molecule has 2 aromatic heterocycles. The van der Waals surface area contributed by atoms with Gasteiger partial charge in [-0.05, 0) is 13.8 Å². The van der Waals surface area contributed by atoms with Crippen LogP contribution in [0.1, 0.15) is 20.1 Å². The number of carbonyl (C=O) groups excluding carboxylic acids is 2. The second-order valence-electron chi connectivity index (χ2n) is 7.79. The number of rotatable bonds is 12. The third kappa shape index (κ3) is 6.18. The van der Waals surface area contributed by atoms with Gasteiger partial charge in [-0.2, -0.15) is 4.98 Å². The fourth-order valence-corrected chi connectivity index (χ4v) is 4.84. The molecule has 1 unspecified atom stereocenters. The molecular weight excluding hydrogens is 532 g/mol. The number of esters is 2.